The van der Waals surface area contributed by atoms with Gasteiger partial charge in [-0.05, 0) is 54.4 Å². The van der Waals surface area contributed by atoms with Crippen molar-refractivity contribution in [3.05, 3.63) is 70.2 Å². The molecule has 0 aliphatic rings. The highest BCUT2D eigenvalue weighted by molar-refractivity contribution is 6.31. The maximum Gasteiger partial charge on any atom is 0.123 e. The minimum atomic E-state index is -0.325. The van der Waals surface area contributed by atoms with Gasteiger partial charge >= 0.3 is 0 Å². The van der Waals surface area contributed by atoms with Crippen molar-refractivity contribution in [3.8, 4) is 0 Å². The Labute approximate surface area is 116 Å². The third-order valence-corrected chi connectivity index (χ3v) is 3.47. The number of halogens is 3. The molecule has 1 nitrogen and oxygen atoms in total. The maximum atomic E-state index is 13.2. The van der Waals surface area contributed by atoms with Gasteiger partial charge in [-0.25, -0.2) is 8.78 Å². The molecule has 2 rings (SSSR count). The summed E-state index contributed by atoms with van der Waals surface area (Å²) in [6, 6.07) is 10.4. The number of nitrogens with two attached hydrogens (primary N) is 1. The van der Waals surface area contributed by atoms with E-state index in [1.54, 1.807) is 12.1 Å². The number of rotatable bonds is 4. The summed E-state index contributed by atoms with van der Waals surface area (Å²) in [5, 5.41) is 0.516. The van der Waals surface area contributed by atoms with Gasteiger partial charge < -0.3 is 5.73 Å². The molecule has 0 radical (unpaired) electrons. The standard InChI is InChI=1S/C15H14ClF2N/c16-15-6-5-14(18)8-11(15)7-12(9-19)10-1-3-13(17)4-2-10/h1-6,8,12H,7,9,19H2. The van der Waals surface area contributed by atoms with Crippen molar-refractivity contribution in [1.82, 2.24) is 0 Å². The second-order valence-corrected chi connectivity index (χ2v) is 4.83. The first-order valence-corrected chi connectivity index (χ1v) is 6.37. The van der Waals surface area contributed by atoms with E-state index in [1.807, 2.05) is 0 Å². The molecule has 0 bridgehead atoms. The number of hydrogen-bond acceptors (Lipinski definition) is 1. The number of hydrogen-bond donors (Lipinski definition) is 1. The molecule has 0 saturated heterocycles. The van der Waals surface area contributed by atoms with Crippen LogP contribution in [0.5, 0.6) is 0 Å². The second kappa shape index (κ2) is 6.13. The van der Waals surface area contributed by atoms with E-state index in [1.165, 1.54) is 30.3 Å². The second-order valence-electron chi connectivity index (χ2n) is 4.42. The molecule has 4 heteroatoms. The van der Waals surface area contributed by atoms with Crippen molar-refractivity contribution in [3.63, 3.8) is 0 Å². The predicted octanol–water partition coefficient (Wildman–Crippen LogP) is 3.90. The average molecular weight is 282 g/mol. The smallest absolute Gasteiger partial charge is 0.123 e. The van der Waals surface area contributed by atoms with Crippen LogP contribution < -0.4 is 5.73 Å². The predicted molar refractivity (Wildman–Crippen MR) is 73.3 cm³/mol. The van der Waals surface area contributed by atoms with E-state index in [2.05, 4.69) is 0 Å². The molecule has 19 heavy (non-hydrogen) atoms. The first-order chi connectivity index (χ1) is 9.10. The fourth-order valence-electron chi connectivity index (χ4n) is 2.04. The molecular formula is C15H14ClF2N. The lowest BCUT2D eigenvalue weighted by atomic mass is 9.92. The van der Waals surface area contributed by atoms with Gasteiger partial charge in [-0.1, -0.05) is 23.7 Å². The van der Waals surface area contributed by atoms with Crippen molar-refractivity contribution in [2.75, 3.05) is 6.54 Å². The molecule has 2 aromatic rings. The normalized spacial score (nSPS) is 12.4. The summed E-state index contributed by atoms with van der Waals surface area (Å²) < 4.78 is 26.1. The summed E-state index contributed by atoms with van der Waals surface area (Å²) >= 11 is 6.04. The van der Waals surface area contributed by atoms with Crippen LogP contribution in [0.4, 0.5) is 8.78 Å². The molecule has 0 fully saturated rings. The van der Waals surface area contributed by atoms with E-state index in [4.69, 9.17) is 17.3 Å². The lowest BCUT2D eigenvalue weighted by Gasteiger charge is -2.16. The van der Waals surface area contributed by atoms with Crippen LogP contribution in [0.2, 0.25) is 5.02 Å². The van der Waals surface area contributed by atoms with Gasteiger partial charge in [-0.2, -0.15) is 0 Å². The van der Waals surface area contributed by atoms with E-state index in [-0.39, 0.29) is 17.6 Å². The zero-order valence-corrected chi connectivity index (χ0v) is 11.0. The minimum absolute atomic E-state index is 0.0140. The SMILES string of the molecule is NCC(Cc1cc(F)ccc1Cl)c1ccc(F)cc1. The molecule has 2 N–H and O–H groups in total. The molecule has 0 saturated carbocycles. The van der Waals surface area contributed by atoms with Crippen molar-refractivity contribution < 1.29 is 8.78 Å². The number of benzene rings is 2. The third-order valence-electron chi connectivity index (χ3n) is 3.10. The highest BCUT2D eigenvalue weighted by Crippen LogP contribution is 2.25. The Hall–Kier alpha value is -1.45. The van der Waals surface area contributed by atoms with Crippen LogP contribution in [0, 0.1) is 11.6 Å². The van der Waals surface area contributed by atoms with Gasteiger partial charge in [0.05, 0.1) is 0 Å². The lowest BCUT2D eigenvalue weighted by Crippen LogP contribution is -2.15. The fraction of sp³-hybridized carbons (Fsp3) is 0.200. The monoisotopic (exact) mass is 281 g/mol. The van der Waals surface area contributed by atoms with Gasteiger partial charge in [0, 0.05) is 10.9 Å². The summed E-state index contributed by atoms with van der Waals surface area (Å²) in [4.78, 5) is 0. The zero-order chi connectivity index (χ0) is 13.8. The third kappa shape index (κ3) is 3.52. The summed E-state index contributed by atoms with van der Waals surface area (Å²) in [6.07, 6.45) is 0.527. The Balaban J connectivity index is 2.23. The van der Waals surface area contributed by atoms with E-state index in [0.717, 1.165) is 5.56 Å². The average Bonchev–Trinajstić information content (AvgIpc) is 2.41. The Morgan fingerprint density at radius 2 is 1.63 bits per heavy atom. The first kappa shape index (κ1) is 14.0. The van der Waals surface area contributed by atoms with Crippen LogP contribution in [0.3, 0.4) is 0 Å². The molecule has 0 spiro atoms. The molecular weight excluding hydrogens is 268 g/mol. The van der Waals surface area contributed by atoms with Crippen LogP contribution in [-0.4, -0.2) is 6.54 Å². The fourth-order valence-corrected chi connectivity index (χ4v) is 2.23. The van der Waals surface area contributed by atoms with E-state index >= 15 is 0 Å². The molecule has 0 aliphatic carbocycles. The minimum Gasteiger partial charge on any atom is -0.330 e. The van der Waals surface area contributed by atoms with Gasteiger partial charge in [0.1, 0.15) is 11.6 Å². The van der Waals surface area contributed by atoms with Crippen LogP contribution in [0.15, 0.2) is 42.5 Å². The van der Waals surface area contributed by atoms with Crippen molar-refractivity contribution in [2.45, 2.75) is 12.3 Å². The highest BCUT2D eigenvalue weighted by Gasteiger charge is 2.13. The Bertz CT molecular complexity index is 555. The van der Waals surface area contributed by atoms with Crippen LogP contribution in [0.1, 0.15) is 17.0 Å². The molecule has 0 heterocycles. The van der Waals surface area contributed by atoms with Crippen LogP contribution in [-0.2, 0) is 6.42 Å². The lowest BCUT2D eigenvalue weighted by molar-refractivity contribution is 0.618. The molecule has 1 unspecified atom stereocenters. The van der Waals surface area contributed by atoms with Gasteiger partial charge in [-0.15, -0.1) is 0 Å². The van der Waals surface area contributed by atoms with Crippen LogP contribution >= 0.6 is 11.6 Å². The van der Waals surface area contributed by atoms with Gasteiger partial charge in [0.25, 0.3) is 0 Å². The molecule has 100 valence electrons. The molecule has 0 amide bonds. The molecule has 0 aromatic heterocycles. The summed E-state index contributed by atoms with van der Waals surface area (Å²) in [5.74, 6) is -0.627. The highest BCUT2D eigenvalue weighted by atomic mass is 35.5. The Morgan fingerprint density at radius 1 is 1.00 bits per heavy atom. The van der Waals surface area contributed by atoms with Crippen LogP contribution in [0.25, 0.3) is 0 Å². The zero-order valence-electron chi connectivity index (χ0n) is 10.2. The summed E-state index contributed by atoms with van der Waals surface area (Å²) in [7, 11) is 0. The van der Waals surface area contributed by atoms with Crippen molar-refractivity contribution in [1.29, 1.82) is 0 Å². The maximum absolute atomic E-state index is 13.2. The van der Waals surface area contributed by atoms with Crippen molar-refractivity contribution in [2.24, 2.45) is 5.73 Å². The quantitative estimate of drug-likeness (QED) is 0.904. The van der Waals surface area contributed by atoms with E-state index in [0.29, 0.717) is 23.6 Å². The van der Waals surface area contributed by atoms with E-state index < -0.39 is 0 Å². The topological polar surface area (TPSA) is 26.0 Å². The van der Waals surface area contributed by atoms with E-state index in [9.17, 15) is 8.78 Å². The van der Waals surface area contributed by atoms with Gasteiger partial charge in [-0.3, -0.25) is 0 Å². The largest absolute Gasteiger partial charge is 0.330 e. The molecule has 2 aromatic carbocycles. The summed E-state index contributed by atoms with van der Waals surface area (Å²) in [5.41, 5.74) is 7.38. The van der Waals surface area contributed by atoms with Gasteiger partial charge in [0.2, 0.25) is 0 Å². The molecule has 0 aliphatic heterocycles. The van der Waals surface area contributed by atoms with Crippen molar-refractivity contribution >= 4 is 11.6 Å². The molecule has 1 atom stereocenters. The van der Waals surface area contributed by atoms with Gasteiger partial charge in [0.15, 0.2) is 0 Å². The first-order valence-electron chi connectivity index (χ1n) is 5.99. The Kier molecular flexibility index (Phi) is 4.51. The Morgan fingerprint density at radius 3 is 2.26 bits per heavy atom. The summed E-state index contributed by atoms with van der Waals surface area (Å²) in [6.45, 7) is 0.387.